The Balaban J connectivity index is 2.59. The number of rotatable bonds is 5. The van der Waals surface area contributed by atoms with Crippen molar-refractivity contribution in [3.8, 4) is 0 Å². The fourth-order valence-electron chi connectivity index (χ4n) is 1.68. The molecular weight excluding hydrogens is 238 g/mol. The van der Waals surface area contributed by atoms with Gasteiger partial charge < -0.3 is 15.4 Å². The second kappa shape index (κ2) is 6.15. The third-order valence-corrected chi connectivity index (χ3v) is 2.27. The van der Waals surface area contributed by atoms with E-state index in [4.69, 9.17) is 5.11 Å². The van der Waals surface area contributed by atoms with Gasteiger partial charge in [-0.3, -0.25) is 14.6 Å². The highest BCUT2D eigenvalue weighted by Crippen LogP contribution is 1.97. The Hall–Kier alpha value is -1.89. The molecule has 1 aromatic rings. The highest BCUT2D eigenvalue weighted by Gasteiger charge is 2.11. The van der Waals surface area contributed by atoms with Crippen LogP contribution in [-0.4, -0.2) is 33.1 Å². The molecule has 2 atom stereocenters. The molecule has 7 nitrogen and oxygen atoms in total. The number of aliphatic hydroxyl groups is 1. The molecule has 2 unspecified atom stereocenters. The summed E-state index contributed by atoms with van der Waals surface area (Å²) in [4.78, 5) is 38.0. The topological polar surface area (TPSA) is 115 Å². The van der Waals surface area contributed by atoms with Crippen molar-refractivity contribution in [1.29, 1.82) is 0 Å². The lowest BCUT2D eigenvalue weighted by Crippen LogP contribution is -2.36. The zero-order valence-corrected chi connectivity index (χ0v) is 10.3. The molecular formula is C11H17N3O4. The van der Waals surface area contributed by atoms with Crippen LogP contribution in [0.25, 0.3) is 0 Å². The normalized spacial score (nSPS) is 13.9. The molecule has 0 radical (unpaired) electrons. The molecule has 0 saturated carbocycles. The smallest absolute Gasteiger partial charge is 0.325 e. The van der Waals surface area contributed by atoms with Crippen molar-refractivity contribution >= 4 is 5.91 Å². The molecule has 1 heterocycles. The first-order valence-electron chi connectivity index (χ1n) is 5.66. The summed E-state index contributed by atoms with van der Waals surface area (Å²) in [6, 6.07) is 0.992. The third kappa shape index (κ3) is 4.96. The van der Waals surface area contributed by atoms with E-state index in [1.165, 1.54) is 6.07 Å². The van der Waals surface area contributed by atoms with Gasteiger partial charge in [0.2, 0.25) is 5.91 Å². The van der Waals surface area contributed by atoms with E-state index in [-0.39, 0.29) is 24.1 Å². The van der Waals surface area contributed by atoms with Gasteiger partial charge in [-0.1, -0.05) is 0 Å². The summed E-state index contributed by atoms with van der Waals surface area (Å²) in [5.41, 5.74) is -0.925. The molecule has 0 saturated heterocycles. The molecule has 18 heavy (non-hydrogen) atoms. The summed E-state index contributed by atoms with van der Waals surface area (Å²) < 4.78 is 0. The van der Waals surface area contributed by atoms with E-state index in [0.29, 0.717) is 6.42 Å². The largest absolute Gasteiger partial charge is 0.393 e. The summed E-state index contributed by atoms with van der Waals surface area (Å²) in [5, 5.41) is 11.8. The number of aliphatic hydroxyl groups excluding tert-OH is 1. The number of aromatic nitrogens is 2. The molecule has 0 bridgehead atoms. The van der Waals surface area contributed by atoms with E-state index < -0.39 is 17.4 Å². The monoisotopic (exact) mass is 255 g/mol. The zero-order valence-electron chi connectivity index (χ0n) is 10.3. The van der Waals surface area contributed by atoms with Gasteiger partial charge in [0.15, 0.2) is 0 Å². The van der Waals surface area contributed by atoms with E-state index >= 15 is 0 Å². The number of aromatic amines is 2. The first kappa shape index (κ1) is 14.2. The molecule has 0 spiro atoms. The minimum Gasteiger partial charge on any atom is -0.393 e. The van der Waals surface area contributed by atoms with E-state index in [1.807, 2.05) is 4.98 Å². The number of amides is 1. The van der Waals surface area contributed by atoms with Crippen molar-refractivity contribution in [3.05, 3.63) is 32.6 Å². The molecule has 0 fully saturated rings. The second-order valence-electron chi connectivity index (χ2n) is 4.34. The minimum absolute atomic E-state index is 0.0801. The van der Waals surface area contributed by atoms with Gasteiger partial charge in [-0.2, -0.15) is 0 Å². The molecule has 0 aliphatic carbocycles. The van der Waals surface area contributed by atoms with Crippen LogP contribution in [0.3, 0.4) is 0 Å². The van der Waals surface area contributed by atoms with Gasteiger partial charge in [0.05, 0.1) is 12.5 Å². The van der Waals surface area contributed by atoms with E-state index in [2.05, 4.69) is 10.3 Å². The first-order valence-corrected chi connectivity index (χ1v) is 5.66. The van der Waals surface area contributed by atoms with Crippen molar-refractivity contribution in [1.82, 2.24) is 15.3 Å². The molecule has 1 rings (SSSR count). The number of carbonyl (C=O) groups is 1. The lowest BCUT2D eigenvalue weighted by molar-refractivity contribution is -0.121. The molecule has 0 aliphatic heterocycles. The molecule has 7 heteroatoms. The highest BCUT2D eigenvalue weighted by atomic mass is 16.3. The predicted octanol–water partition coefficient (Wildman–Crippen LogP) is -1.12. The maximum Gasteiger partial charge on any atom is 0.325 e. The summed E-state index contributed by atoms with van der Waals surface area (Å²) >= 11 is 0. The van der Waals surface area contributed by atoms with Gasteiger partial charge in [0, 0.05) is 17.8 Å². The van der Waals surface area contributed by atoms with Gasteiger partial charge in [-0.25, -0.2) is 4.79 Å². The fourth-order valence-corrected chi connectivity index (χ4v) is 1.68. The molecule has 1 amide bonds. The van der Waals surface area contributed by atoms with E-state index in [0.717, 1.165) is 0 Å². The van der Waals surface area contributed by atoms with Gasteiger partial charge in [-0.05, 0) is 20.3 Å². The highest BCUT2D eigenvalue weighted by molar-refractivity contribution is 5.78. The maximum atomic E-state index is 11.6. The second-order valence-corrected chi connectivity index (χ2v) is 4.34. The molecule has 1 aromatic heterocycles. The van der Waals surface area contributed by atoms with Crippen LogP contribution in [0.1, 0.15) is 26.0 Å². The fraction of sp³-hybridized carbons (Fsp3) is 0.545. The summed E-state index contributed by atoms with van der Waals surface area (Å²) in [6.45, 7) is 3.40. The quantitative estimate of drug-likeness (QED) is 0.533. The Morgan fingerprint density at radius 3 is 2.61 bits per heavy atom. The van der Waals surface area contributed by atoms with Gasteiger partial charge in [-0.15, -0.1) is 0 Å². The number of nitrogens with one attached hydrogen (secondary N) is 3. The Morgan fingerprint density at radius 2 is 2.06 bits per heavy atom. The van der Waals surface area contributed by atoms with Crippen molar-refractivity contribution in [2.24, 2.45) is 0 Å². The average Bonchev–Trinajstić information content (AvgIpc) is 2.12. The number of H-pyrrole nitrogens is 2. The molecule has 100 valence electrons. The van der Waals surface area contributed by atoms with Crippen LogP contribution in [-0.2, 0) is 11.2 Å². The Kier molecular flexibility index (Phi) is 4.85. The predicted molar refractivity (Wildman–Crippen MR) is 65.3 cm³/mol. The van der Waals surface area contributed by atoms with Crippen molar-refractivity contribution in [2.45, 2.75) is 38.8 Å². The molecule has 0 aliphatic rings. The van der Waals surface area contributed by atoms with Crippen LogP contribution >= 0.6 is 0 Å². The Labute approximate surface area is 103 Å². The molecule has 0 aromatic carbocycles. The van der Waals surface area contributed by atoms with Crippen molar-refractivity contribution < 1.29 is 9.90 Å². The first-order chi connectivity index (χ1) is 8.36. The van der Waals surface area contributed by atoms with Gasteiger partial charge in [0.25, 0.3) is 5.56 Å². The Morgan fingerprint density at radius 1 is 1.39 bits per heavy atom. The van der Waals surface area contributed by atoms with Gasteiger partial charge >= 0.3 is 5.69 Å². The summed E-state index contributed by atoms with van der Waals surface area (Å²) in [7, 11) is 0. The number of hydrogen-bond donors (Lipinski definition) is 4. The lowest BCUT2D eigenvalue weighted by atomic mass is 10.1. The lowest BCUT2D eigenvalue weighted by Gasteiger charge is -2.15. The number of hydrogen-bond acceptors (Lipinski definition) is 4. The van der Waals surface area contributed by atoms with E-state index in [9.17, 15) is 14.4 Å². The maximum absolute atomic E-state index is 11.6. The standard InChI is InChI=1S/C11H17N3O4/c1-6(3-7(2)15)12-9(16)4-8-5-10(17)14-11(18)13-8/h5-7,15H,3-4H2,1-2H3,(H,12,16)(H2,13,14,17,18). The minimum atomic E-state index is -0.637. The number of carbonyl (C=O) groups excluding carboxylic acids is 1. The van der Waals surface area contributed by atoms with Crippen LogP contribution in [0.4, 0.5) is 0 Å². The van der Waals surface area contributed by atoms with Gasteiger partial charge in [0.1, 0.15) is 0 Å². The van der Waals surface area contributed by atoms with Crippen LogP contribution in [0.5, 0.6) is 0 Å². The summed E-state index contributed by atoms with van der Waals surface area (Å²) in [5.74, 6) is -0.315. The SMILES string of the molecule is CC(O)CC(C)NC(=O)Cc1cc(=O)[nH]c(=O)[nH]1. The average molecular weight is 255 g/mol. The van der Waals surface area contributed by atoms with Crippen molar-refractivity contribution in [2.75, 3.05) is 0 Å². The summed E-state index contributed by atoms with van der Waals surface area (Å²) in [6.07, 6.45) is -0.138. The third-order valence-electron chi connectivity index (χ3n) is 2.27. The zero-order chi connectivity index (χ0) is 13.7. The van der Waals surface area contributed by atoms with Crippen LogP contribution in [0.15, 0.2) is 15.7 Å². The molecule has 4 N–H and O–H groups in total. The Bertz CT molecular complexity index is 489. The van der Waals surface area contributed by atoms with Crippen LogP contribution in [0, 0.1) is 0 Å². The van der Waals surface area contributed by atoms with Crippen LogP contribution < -0.4 is 16.6 Å². The van der Waals surface area contributed by atoms with Crippen molar-refractivity contribution in [3.63, 3.8) is 0 Å². The van der Waals surface area contributed by atoms with Crippen LogP contribution in [0.2, 0.25) is 0 Å². The van der Waals surface area contributed by atoms with E-state index in [1.54, 1.807) is 13.8 Å².